The zero-order valence-corrected chi connectivity index (χ0v) is 14.2. The minimum atomic E-state index is -1.80. The lowest BCUT2D eigenvalue weighted by molar-refractivity contribution is 0.104. The fourth-order valence-corrected chi connectivity index (χ4v) is 7.08. The minimum absolute atomic E-state index is 0.222. The number of hydrogen-bond donors (Lipinski definition) is 0. The molecule has 2 heterocycles. The first-order chi connectivity index (χ1) is 10.6. The summed E-state index contributed by atoms with van der Waals surface area (Å²) in [6, 6.07) is 14.7. The second-order valence-corrected chi connectivity index (χ2v) is 11.2. The molecule has 1 saturated heterocycles. The molecule has 0 aromatic heterocycles. The first-order valence-electron chi connectivity index (χ1n) is 8.13. The van der Waals surface area contributed by atoms with E-state index >= 15 is 0 Å². The summed E-state index contributed by atoms with van der Waals surface area (Å²) in [5.41, 5.74) is 3.08. The highest BCUT2D eigenvalue weighted by molar-refractivity contribution is 7.02. The summed E-state index contributed by atoms with van der Waals surface area (Å²) in [6.45, 7) is 6.89. The van der Waals surface area contributed by atoms with Gasteiger partial charge in [-0.15, -0.1) is 0 Å². The zero-order valence-electron chi connectivity index (χ0n) is 13.2. The fourth-order valence-electron chi connectivity index (χ4n) is 4.03. The molecule has 22 heavy (non-hydrogen) atoms. The Labute approximate surface area is 132 Å². The van der Waals surface area contributed by atoms with Crippen LogP contribution in [0.1, 0.15) is 28.8 Å². The van der Waals surface area contributed by atoms with E-state index in [1.807, 2.05) is 12.1 Å². The molecule has 2 aromatic carbocycles. The number of carbonyl (C=O) groups is 1. The van der Waals surface area contributed by atoms with E-state index in [9.17, 15) is 4.79 Å². The lowest BCUT2D eigenvalue weighted by Crippen LogP contribution is -2.60. The van der Waals surface area contributed by atoms with Crippen LogP contribution in [0, 0.1) is 0 Å². The summed E-state index contributed by atoms with van der Waals surface area (Å²) in [5, 5.41) is 2.59. The van der Waals surface area contributed by atoms with Crippen LogP contribution in [0.15, 0.2) is 42.5 Å². The Morgan fingerprint density at radius 2 is 1.59 bits per heavy atom. The SMILES string of the molecule is C[Si]1(C)c2ccccc2C(=O)c2c(N3CCCC3)cccc21. The van der Waals surface area contributed by atoms with Gasteiger partial charge in [0.15, 0.2) is 5.78 Å². The van der Waals surface area contributed by atoms with E-state index < -0.39 is 8.07 Å². The zero-order chi connectivity index (χ0) is 15.3. The van der Waals surface area contributed by atoms with Crippen molar-refractivity contribution in [2.45, 2.75) is 25.9 Å². The third kappa shape index (κ3) is 1.81. The monoisotopic (exact) mass is 307 g/mol. The summed E-state index contributed by atoms with van der Waals surface area (Å²) >= 11 is 0. The lowest BCUT2D eigenvalue weighted by atomic mass is 10.00. The Balaban J connectivity index is 1.98. The van der Waals surface area contributed by atoms with Gasteiger partial charge in [0, 0.05) is 29.9 Å². The van der Waals surface area contributed by atoms with Gasteiger partial charge in [-0.05, 0) is 29.3 Å². The molecule has 112 valence electrons. The third-order valence-electron chi connectivity index (χ3n) is 5.23. The maximum Gasteiger partial charge on any atom is 0.194 e. The van der Waals surface area contributed by atoms with Crippen molar-refractivity contribution >= 4 is 29.9 Å². The van der Waals surface area contributed by atoms with Crippen molar-refractivity contribution in [1.29, 1.82) is 0 Å². The highest BCUT2D eigenvalue weighted by Crippen LogP contribution is 2.29. The molecule has 0 aliphatic carbocycles. The summed E-state index contributed by atoms with van der Waals surface area (Å²) in [7, 11) is -1.80. The van der Waals surface area contributed by atoms with Crippen molar-refractivity contribution in [2.24, 2.45) is 0 Å². The molecule has 0 bridgehead atoms. The molecule has 0 spiro atoms. The van der Waals surface area contributed by atoms with Gasteiger partial charge in [0.1, 0.15) is 8.07 Å². The van der Waals surface area contributed by atoms with E-state index in [0.717, 1.165) is 29.9 Å². The Morgan fingerprint density at radius 3 is 2.36 bits per heavy atom. The van der Waals surface area contributed by atoms with Gasteiger partial charge in [-0.1, -0.05) is 49.5 Å². The van der Waals surface area contributed by atoms with Gasteiger partial charge in [-0.2, -0.15) is 0 Å². The second kappa shape index (κ2) is 4.82. The molecule has 0 amide bonds. The van der Waals surface area contributed by atoms with E-state index in [2.05, 4.69) is 48.3 Å². The highest BCUT2D eigenvalue weighted by atomic mass is 28.3. The lowest BCUT2D eigenvalue weighted by Gasteiger charge is -2.35. The standard InChI is InChI=1S/C19H21NOSi/c1-22(2)16-10-4-3-8-14(16)19(21)18-15(9-7-11-17(18)22)20-12-5-6-13-20/h3-4,7-11H,5-6,12-13H2,1-2H3. The molecule has 3 heteroatoms. The van der Waals surface area contributed by atoms with Crippen LogP contribution < -0.4 is 15.3 Å². The van der Waals surface area contributed by atoms with Crippen LogP contribution in [0.5, 0.6) is 0 Å². The van der Waals surface area contributed by atoms with E-state index in [0.29, 0.717) is 0 Å². The Kier molecular flexibility index (Phi) is 3.01. The number of fused-ring (bicyclic) bond motifs is 2. The summed E-state index contributed by atoms with van der Waals surface area (Å²) in [4.78, 5) is 15.6. The molecule has 0 saturated carbocycles. The quantitative estimate of drug-likeness (QED) is 0.755. The van der Waals surface area contributed by atoms with E-state index in [4.69, 9.17) is 0 Å². The van der Waals surface area contributed by atoms with Gasteiger partial charge in [-0.25, -0.2) is 0 Å². The van der Waals surface area contributed by atoms with E-state index in [1.165, 1.54) is 23.2 Å². The van der Waals surface area contributed by atoms with Gasteiger partial charge < -0.3 is 4.90 Å². The molecule has 0 atom stereocenters. The largest absolute Gasteiger partial charge is 0.371 e. The van der Waals surface area contributed by atoms with Gasteiger partial charge in [0.25, 0.3) is 0 Å². The fraction of sp³-hybridized carbons (Fsp3) is 0.316. The molecular formula is C19H21NOSi. The predicted molar refractivity (Wildman–Crippen MR) is 94.5 cm³/mol. The van der Waals surface area contributed by atoms with E-state index in [1.54, 1.807) is 0 Å². The molecule has 4 rings (SSSR count). The highest BCUT2D eigenvalue weighted by Gasteiger charge is 2.40. The van der Waals surface area contributed by atoms with Crippen molar-refractivity contribution in [3.8, 4) is 0 Å². The van der Waals surface area contributed by atoms with Crippen molar-refractivity contribution in [2.75, 3.05) is 18.0 Å². The molecular weight excluding hydrogens is 286 g/mol. The second-order valence-electron chi connectivity index (χ2n) is 6.89. The number of ketones is 1. The molecule has 2 aliphatic heterocycles. The number of nitrogens with zero attached hydrogens (tertiary/aromatic N) is 1. The molecule has 2 aliphatic rings. The number of anilines is 1. The molecule has 0 N–H and O–H groups in total. The van der Waals surface area contributed by atoms with Gasteiger partial charge in [0.2, 0.25) is 0 Å². The molecule has 1 fully saturated rings. The number of benzene rings is 2. The predicted octanol–water partition coefficient (Wildman–Crippen LogP) is 2.65. The Bertz CT molecular complexity index is 760. The topological polar surface area (TPSA) is 20.3 Å². The van der Waals surface area contributed by atoms with Crippen molar-refractivity contribution < 1.29 is 4.79 Å². The number of rotatable bonds is 1. The van der Waals surface area contributed by atoms with Gasteiger partial charge in [-0.3, -0.25) is 4.79 Å². The Hall–Kier alpha value is -1.87. The summed E-state index contributed by atoms with van der Waals surface area (Å²) in [5.74, 6) is 0.222. The van der Waals surface area contributed by atoms with Crippen LogP contribution in [-0.4, -0.2) is 26.9 Å². The van der Waals surface area contributed by atoms with Crippen LogP contribution in [-0.2, 0) is 0 Å². The number of hydrogen-bond acceptors (Lipinski definition) is 2. The van der Waals surface area contributed by atoms with Crippen LogP contribution in [0.2, 0.25) is 13.1 Å². The maximum absolute atomic E-state index is 13.2. The minimum Gasteiger partial charge on any atom is -0.371 e. The summed E-state index contributed by atoms with van der Waals surface area (Å²) < 4.78 is 0. The van der Waals surface area contributed by atoms with Crippen LogP contribution in [0.25, 0.3) is 0 Å². The summed E-state index contributed by atoms with van der Waals surface area (Å²) in [6.07, 6.45) is 2.46. The van der Waals surface area contributed by atoms with Crippen LogP contribution in [0.3, 0.4) is 0 Å². The molecule has 2 aromatic rings. The van der Waals surface area contributed by atoms with Crippen molar-refractivity contribution in [3.63, 3.8) is 0 Å². The first kappa shape index (κ1) is 13.8. The first-order valence-corrected chi connectivity index (χ1v) is 11.1. The normalized spacial score (nSPS) is 19.0. The average molecular weight is 307 g/mol. The van der Waals surface area contributed by atoms with Gasteiger partial charge >= 0.3 is 0 Å². The van der Waals surface area contributed by atoms with E-state index in [-0.39, 0.29) is 5.78 Å². The molecule has 0 radical (unpaired) electrons. The average Bonchev–Trinajstić information content (AvgIpc) is 3.07. The van der Waals surface area contributed by atoms with Crippen LogP contribution in [0.4, 0.5) is 5.69 Å². The van der Waals surface area contributed by atoms with Crippen molar-refractivity contribution in [1.82, 2.24) is 0 Å². The molecule has 2 nitrogen and oxygen atoms in total. The maximum atomic E-state index is 13.2. The van der Waals surface area contributed by atoms with Crippen LogP contribution >= 0.6 is 0 Å². The Morgan fingerprint density at radius 1 is 0.909 bits per heavy atom. The smallest absolute Gasteiger partial charge is 0.194 e. The number of carbonyl (C=O) groups excluding carboxylic acids is 1. The molecule has 0 unspecified atom stereocenters. The van der Waals surface area contributed by atoms with Crippen molar-refractivity contribution in [3.05, 3.63) is 53.6 Å². The third-order valence-corrected chi connectivity index (χ3v) is 8.78. The van der Waals surface area contributed by atoms with Gasteiger partial charge in [0.05, 0.1) is 0 Å².